The van der Waals surface area contributed by atoms with Crippen molar-refractivity contribution in [2.75, 3.05) is 13.1 Å². The largest absolute Gasteiger partial charge is 0.335 e. The van der Waals surface area contributed by atoms with Crippen LogP contribution in [-0.2, 0) is 5.41 Å². The molecule has 0 saturated heterocycles. The summed E-state index contributed by atoms with van der Waals surface area (Å²) >= 11 is 6.29. The summed E-state index contributed by atoms with van der Waals surface area (Å²) in [5.41, 5.74) is 9.92. The Labute approximate surface area is 206 Å². The van der Waals surface area contributed by atoms with Crippen LogP contribution in [0.25, 0.3) is 11.0 Å². The topological polar surface area (TPSA) is 77.0 Å². The Kier molecular flexibility index (Phi) is 6.38. The molecule has 2 aliphatic carbocycles. The maximum Gasteiger partial charge on any atom is 0.254 e. The first-order valence-electron chi connectivity index (χ1n) is 12.5. The third-order valence-electron chi connectivity index (χ3n) is 7.80. The minimum atomic E-state index is -0.0655. The van der Waals surface area contributed by atoms with Gasteiger partial charge in [-0.15, -0.1) is 5.10 Å². The van der Waals surface area contributed by atoms with Crippen molar-refractivity contribution in [3.05, 3.63) is 58.6 Å². The Balaban J connectivity index is 1.37. The molecule has 2 aliphatic rings. The lowest BCUT2D eigenvalue weighted by atomic mass is 9.68. The number of nitrogens with two attached hydrogens (primary N) is 1. The fourth-order valence-corrected chi connectivity index (χ4v) is 5.68. The van der Waals surface area contributed by atoms with Gasteiger partial charge in [-0.3, -0.25) is 4.79 Å². The lowest BCUT2D eigenvalue weighted by Gasteiger charge is -2.43. The zero-order valence-corrected chi connectivity index (χ0v) is 20.8. The molecule has 0 radical (unpaired) electrons. The molecular formula is C27H34ClN5O. The molecule has 5 rings (SSSR count). The van der Waals surface area contributed by atoms with E-state index in [4.69, 9.17) is 17.3 Å². The van der Waals surface area contributed by atoms with Gasteiger partial charge in [-0.2, -0.15) is 0 Å². The number of amides is 1. The van der Waals surface area contributed by atoms with Gasteiger partial charge in [0.05, 0.1) is 5.52 Å². The SMILES string of the molecule is CC(C)n1nnc2cc(C(=O)N(CC3CC3)[C@H]3CC[C@](CN)(c4cccc(Cl)c4)CC3)ccc21. The molecule has 2 saturated carbocycles. The molecule has 2 fully saturated rings. The number of halogens is 1. The monoisotopic (exact) mass is 479 g/mol. The van der Waals surface area contributed by atoms with Crippen molar-refractivity contribution < 1.29 is 4.79 Å². The fourth-order valence-electron chi connectivity index (χ4n) is 5.49. The quantitative estimate of drug-likeness (QED) is 0.495. The van der Waals surface area contributed by atoms with E-state index in [1.165, 1.54) is 18.4 Å². The van der Waals surface area contributed by atoms with Crippen LogP contribution in [0.4, 0.5) is 0 Å². The molecule has 7 heteroatoms. The Morgan fingerprint density at radius 3 is 2.59 bits per heavy atom. The number of carbonyl (C=O) groups is 1. The van der Waals surface area contributed by atoms with Crippen LogP contribution in [0.15, 0.2) is 42.5 Å². The van der Waals surface area contributed by atoms with Gasteiger partial charge in [0.2, 0.25) is 0 Å². The van der Waals surface area contributed by atoms with Gasteiger partial charge in [0.25, 0.3) is 5.91 Å². The van der Waals surface area contributed by atoms with Gasteiger partial charge < -0.3 is 10.6 Å². The van der Waals surface area contributed by atoms with Gasteiger partial charge in [-0.05, 0) is 94.2 Å². The van der Waals surface area contributed by atoms with E-state index in [-0.39, 0.29) is 23.4 Å². The highest BCUT2D eigenvalue weighted by Crippen LogP contribution is 2.42. The highest BCUT2D eigenvalue weighted by Gasteiger charge is 2.40. The second-order valence-electron chi connectivity index (χ2n) is 10.5. The minimum absolute atomic E-state index is 0.0655. The Hall–Kier alpha value is -2.44. The molecular weight excluding hydrogens is 446 g/mol. The second kappa shape index (κ2) is 9.31. The highest BCUT2D eigenvalue weighted by atomic mass is 35.5. The van der Waals surface area contributed by atoms with Crippen LogP contribution in [0, 0.1) is 5.92 Å². The summed E-state index contributed by atoms with van der Waals surface area (Å²) in [7, 11) is 0. The molecule has 6 nitrogen and oxygen atoms in total. The molecule has 3 aromatic rings. The third kappa shape index (κ3) is 4.46. The minimum Gasteiger partial charge on any atom is -0.335 e. The molecule has 1 aromatic heterocycles. The van der Waals surface area contributed by atoms with E-state index in [2.05, 4.69) is 41.2 Å². The van der Waals surface area contributed by atoms with E-state index >= 15 is 0 Å². The van der Waals surface area contributed by atoms with Crippen molar-refractivity contribution in [1.82, 2.24) is 19.9 Å². The Morgan fingerprint density at radius 2 is 1.94 bits per heavy atom. The van der Waals surface area contributed by atoms with Crippen molar-refractivity contribution in [2.24, 2.45) is 11.7 Å². The van der Waals surface area contributed by atoms with Crippen LogP contribution >= 0.6 is 11.6 Å². The van der Waals surface area contributed by atoms with Crippen molar-refractivity contribution in [3.8, 4) is 0 Å². The van der Waals surface area contributed by atoms with E-state index in [1.54, 1.807) is 0 Å². The standard InChI is InChI=1S/C27H34ClN5O/c1-18(2)33-25-9-8-20(14-24(25)30-31-33)26(34)32(16-19-6-7-19)23-10-12-27(17-29,13-11-23)21-4-3-5-22(28)15-21/h3-5,8-9,14-15,18-19,23H,6-7,10-13,16-17,29H2,1-2H3/t23-,27-. The predicted molar refractivity (Wildman–Crippen MR) is 136 cm³/mol. The van der Waals surface area contributed by atoms with Gasteiger partial charge in [0, 0.05) is 41.2 Å². The number of hydrogen-bond acceptors (Lipinski definition) is 4. The highest BCUT2D eigenvalue weighted by molar-refractivity contribution is 6.30. The molecule has 0 unspecified atom stereocenters. The summed E-state index contributed by atoms with van der Waals surface area (Å²) in [4.78, 5) is 15.9. The van der Waals surface area contributed by atoms with E-state index in [1.807, 2.05) is 35.0 Å². The number of fused-ring (bicyclic) bond motifs is 1. The summed E-state index contributed by atoms with van der Waals surface area (Å²) in [6, 6.07) is 14.4. The molecule has 0 aliphatic heterocycles. The van der Waals surface area contributed by atoms with Gasteiger partial charge in [-0.25, -0.2) is 4.68 Å². The summed E-state index contributed by atoms with van der Waals surface area (Å²) in [6.07, 6.45) is 6.26. The fraction of sp³-hybridized carbons (Fsp3) is 0.519. The summed E-state index contributed by atoms with van der Waals surface area (Å²) < 4.78 is 1.90. The average molecular weight is 480 g/mol. The molecule has 2 N–H and O–H groups in total. The van der Waals surface area contributed by atoms with E-state index in [9.17, 15) is 4.79 Å². The van der Waals surface area contributed by atoms with Crippen LogP contribution in [0.5, 0.6) is 0 Å². The van der Waals surface area contributed by atoms with Gasteiger partial charge in [0.1, 0.15) is 5.52 Å². The average Bonchev–Trinajstić information content (AvgIpc) is 3.57. The Morgan fingerprint density at radius 1 is 1.18 bits per heavy atom. The second-order valence-corrected chi connectivity index (χ2v) is 10.9. The maximum atomic E-state index is 13.8. The molecule has 1 heterocycles. The van der Waals surface area contributed by atoms with E-state index < -0.39 is 0 Å². The van der Waals surface area contributed by atoms with Crippen molar-refractivity contribution in [3.63, 3.8) is 0 Å². The zero-order chi connectivity index (χ0) is 23.9. The maximum absolute atomic E-state index is 13.8. The molecule has 0 spiro atoms. The summed E-state index contributed by atoms with van der Waals surface area (Å²) in [5, 5.41) is 9.34. The van der Waals surface area contributed by atoms with Gasteiger partial charge in [0.15, 0.2) is 0 Å². The number of rotatable bonds is 7. The molecule has 34 heavy (non-hydrogen) atoms. The smallest absolute Gasteiger partial charge is 0.254 e. The summed E-state index contributed by atoms with van der Waals surface area (Å²) in [6.45, 7) is 5.60. The zero-order valence-electron chi connectivity index (χ0n) is 20.1. The van der Waals surface area contributed by atoms with Gasteiger partial charge >= 0.3 is 0 Å². The molecule has 180 valence electrons. The van der Waals surface area contributed by atoms with Crippen LogP contribution in [0.3, 0.4) is 0 Å². The molecule has 2 aromatic carbocycles. The number of benzene rings is 2. The lowest BCUT2D eigenvalue weighted by molar-refractivity contribution is 0.0581. The Bertz CT molecular complexity index is 1180. The number of aromatic nitrogens is 3. The number of nitrogens with zero attached hydrogens (tertiary/aromatic N) is 4. The molecule has 0 bridgehead atoms. The van der Waals surface area contributed by atoms with Crippen LogP contribution < -0.4 is 5.73 Å². The van der Waals surface area contributed by atoms with Crippen molar-refractivity contribution >= 4 is 28.5 Å². The van der Waals surface area contributed by atoms with Crippen LogP contribution in [0.2, 0.25) is 5.02 Å². The van der Waals surface area contributed by atoms with E-state index in [0.29, 0.717) is 18.0 Å². The lowest BCUT2D eigenvalue weighted by Crippen LogP contribution is -2.48. The normalized spacial score (nSPS) is 22.9. The number of carbonyl (C=O) groups excluding carboxylic acids is 1. The number of hydrogen-bond donors (Lipinski definition) is 1. The van der Waals surface area contributed by atoms with E-state index in [0.717, 1.165) is 48.3 Å². The van der Waals surface area contributed by atoms with Crippen LogP contribution in [0.1, 0.15) is 74.3 Å². The van der Waals surface area contributed by atoms with Crippen molar-refractivity contribution in [1.29, 1.82) is 0 Å². The first kappa shape index (κ1) is 23.3. The predicted octanol–water partition coefficient (Wildman–Crippen LogP) is 5.36. The van der Waals surface area contributed by atoms with Crippen molar-refractivity contribution in [2.45, 2.75) is 69.9 Å². The van der Waals surface area contributed by atoms with Crippen LogP contribution in [-0.4, -0.2) is 44.9 Å². The first-order valence-corrected chi connectivity index (χ1v) is 12.9. The first-order chi connectivity index (χ1) is 16.4. The summed E-state index contributed by atoms with van der Waals surface area (Å²) in [5.74, 6) is 0.740. The van der Waals surface area contributed by atoms with Gasteiger partial charge in [-0.1, -0.05) is 28.9 Å². The molecule has 0 atom stereocenters. The third-order valence-corrected chi connectivity index (χ3v) is 8.04. The molecule has 1 amide bonds.